The molecule has 1 aromatic carbocycles. The molecule has 0 aliphatic carbocycles. The molecule has 5 nitrogen and oxygen atoms in total. The van der Waals surface area contributed by atoms with Crippen LogP contribution >= 0.6 is 0 Å². The SMILES string of the molecule is CNCc1ccc(N2CCS(=O)(=O)CC2)c(C#N)c1. The van der Waals surface area contributed by atoms with Gasteiger partial charge in [0.1, 0.15) is 6.07 Å². The summed E-state index contributed by atoms with van der Waals surface area (Å²) in [5, 5.41) is 12.3. The number of nitrogens with one attached hydrogen (secondary N) is 1. The van der Waals surface area contributed by atoms with Gasteiger partial charge in [0.2, 0.25) is 0 Å². The Morgan fingerprint density at radius 2 is 2.05 bits per heavy atom. The molecular weight excluding hydrogens is 262 g/mol. The highest BCUT2D eigenvalue weighted by Crippen LogP contribution is 2.23. The van der Waals surface area contributed by atoms with Gasteiger partial charge in [-0.05, 0) is 24.7 Å². The number of hydrogen-bond donors (Lipinski definition) is 1. The first kappa shape index (κ1) is 13.8. The van der Waals surface area contributed by atoms with Crippen molar-refractivity contribution in [2.24, 2.45) is 0 Å². The minimum atomic E-state index is -2.89. The van der Waals surface area contributed by atoms with Crippen LogP contribution in [0.15, 0.2) is 18.2 Å². The molecule has 1 heterocycles. The van der Waals surface area contributed by atoms with Crippen LogP contribution in [-0.4, -0.2) is 40.1 Å². The van der Waals surface area contributed by atoms with E-state index in [2.05, 4.69) is 11.4 Å². The van der Waals surface area contributed by atoms with Crippen molar-refractivity contribution in [1.82, 2.24) is 5.32 Å². The molecule has 1 saturated heterocycles. The molecule has 1 aromatic rings. The lowest BCUT2D eigenvalue weighted by Crippen LogP contribution is -2.40. The van der Waals surface area contributed by atoms with Gasteiger partial charge in [0.15, 0.2) is 9.84 Å². The summed E-state index contributed by atoms with van der Waals surface area (Å²) in [5.74, 6) is 0.326. The molecule has 0 saturated carbocycles. The Kier molecular flexibility index (Phi) is 4.08. The van der Waals surface area contributed by atoms with Crippen LogP contribution < -0.4 is 10.2 Å². The fourth-order valence-corrected chi connectivity index (χ4v) is 3.42. The van der Waals surface area contributed by atoms with E-state index in [0.717, 1.165) is 11.3 Å². The molecular formula is C13H17N3O2S. The average molecular weight is 279 g/mol. The topological polar surface area (TPSA) is 73.2 Å². The van der Waals surface area contributed by atoms with Gasteiger partial charge >= 0.3 is 0 Å². The van der Waals surface area contributed by atoms with E-state index >= 15 is 0 Å². The number of sulfone groups is 1. The summed E-state index contributed by atoms with van der Waals surface area (Å²) in [5.41, 5.74) is 2.48. The van der Waals surface area contributed by atoms with Crippen molar-refractivity contribution < 1.29 is 8.42 Å². The van der Waals surface area contributed by atoms with Crippen LogP contribution in [0, 0.1) is 11.3 Å². The van der Waals surface area contributed by atoms with E-state index in [1.165, 1.54) is 0 Å². The van der Waals surface area contributed by atoms with Crippen molar-refractivity contribution >= 4 is 15.5 Å². The summed E-state index contributed by atoms with van der Waals surface area (Å²) >= 11 is 0. The summed E-state index contributed by atoms with van der Waals surface area (Å²) in [4.78, 5) is 1.97. The lowest BCUT2D eigenvalue weighted by molar-refractivity contribution is 0.587. The highest BCUT2D eigenvalue weighted by molar-refractivity contribution is 7.91. The quantitative estimate of drug-likeness (QED) is 0.873. The molecule has 0 bridgehead atoms. The molecule has 1 fully saturated rings. The van der Waals surface area contributed by atoms with E-state index < -0.39 is 9.84 Å². The van der Waals surface area contributed by atoms with E-state index in [1.807, 2.05) is 30.1 Å². The minimum absolute atomic E-state index is 0.163. The van der Waals surface area contributed by atoms with Crippen molar-refractivity contribution in [3.05, 3.63) is 29.3 Å². The summed E-state index contributed by atoms with van der Waals surface area (Å²) in [6, 6.07) is 7.92. The Labute approximate surface area is 113 Å². The van der Waals surface area contributed by atoms with E-state index in [4.69, 9.17) is 0 Å². The zero-order valence-corrected chi connectivity index (χ0v) is 11.7. The molecule has 0 radical (unpaired) electrons. The van der Waals surface area contributed by atoms with Crippen LogP contribution in [0.5, 0.6) is 0 Å². The van der Waals surface area contributed by atoms with Gasteiger partial charge in [-0.15, -0.1) is 0 Å². The van der Waals surface area contributed by atoms with Crippen molar-refractivity contribution in [1.29, 1.82) is 5.26 Å². The third-order valence-electron chi connectivity index (χ3n) is 3.25. The molecule has 1 aliphatic rings. The van der Waals surface area contributed by atoms with E-state index in [-0.39, 0.29) is 11.5 Å². The summed E-state index contributed by atoms with van der Waals surface area (Å²) < 4.78 is 22.8. The maximum atomic E-state index is 11.4. The monoisotopic (exact) mass is 279 g/mol. The first-order valence-electron chi connectivity index (χ1n) is 6.19. The van der Waals surface area contributed by atoms with Crippen LogP contribution in [0.2, 0.25) is 0 Å². The molecule has 2 rings (SSSR count). The largest absolute Gasteiger partial charge is 0.368 e. The number of benzene rings is 1. The predicted molar refractivity (Wildman–Crippen MR) is 74.8 cm³/mol. The number of anilines is 1. The third-order valence-corrected chi connectivity index (χ3v) is 4.86. The van der Waals surface area contributed by atoms with E-state index in [9.17, 15) is 13.7 Å². The predicted octanol–water partition coefficient (Wildman–Crippen LogP) is 0.512. The molecule has 1 aliphatic heterocycles. The summed E-state index contributed by atoms with van der Waals surface area (Å²) in [7, 11) is -1.04. The normalized spacial score (nSPS) is 18.0. The number of hydrogen-bond acceptors (Lipinski definition) is 5. The standard InChI is InChI=1S/C13H17N3O2S/c1-15-10-11-2-3-13(12(8-11)9-14)16-4-6-19(17,18)7-5-16/h2-3,8,15H,4-7,10H2,1H3. The fraction of sp³-hybridized carbons (Fsp3) is 0.462. The lowest BCUT2D eigenvalue weighted by atomic mass is 10.1. The van der Waals surface area contributed by atoms with Gasteiger partial charge in [-0.25, -0.2) is 8.42 Å². The first-order chi connectivity index (χ1) is 9.05. The molecule has 0 amide bonds. The van der Waals surface area contributed by atoms with Gasteiger partial charge in [-0.1, -0.05) is 6.07 Å². The second-order valence-corrected chi connectivity index (χ2v) is 6.94. The van der Waals surface area contributed by atoms with Gasteiger partial charge < -0.3 is 10.2 Å². The van der Waals surface area contributed by atoms with E-state index in [0.29, 0.717) is 25.2 Å². The van der Waals surface area contributed by atoms with Crippen molar-refractivity contribution in [3.8, 4) is 6.07 Å². The number of nitrogens with zero attached hydrogens (tertiary/aromatic N) is 2. The Morgan fingerprint density at radius 3 is 2.63 bits per heavy atom. The van der Waals surface area contributed by atoms with Crippen LogP contribution in [0.4, 0.5) is 5.69 Å². The zero-order valence-electron chi connectivity index (χ0n) is 10.9. The second-order valence-electron chi connectivity index (χ2n) is 4.63. The Morgan fingerprint density at radius 1 is 1.37 bits per heavy atom. The van der Waals surface area contributed by atoms with Crippen LogP contribution in [-0.2, 0) is 16.4 Å². The maximum absolute atomic E-state index is 11.4. The van der Waals surface area contributed by atoms with Gasteiger partial charge in [-0.2, -0.15) is 5.26 Å². The van der Waals surface area contributed by atoms with Crippen LogP contribution in [0.3, 0.4) is 0 Å². The Hall–Kier alpha value is -1.58. The number of nitriles is 1. The smallest absolute Gasteiger partial charge is 0.153 e. The first-order valence-corrected chi connectivity index (χ1v) is 8.01. The van der Waals surface area contributed by atoms with Crippen LogP contribution in [0.25, 0.3) is 0 Å². The second kappa shape index (κ2) is 5.59. The zero-order chi connectivity index (χ0) is 13.9. The molecule has 0 atom stereocenters. The molecule has 102 valence electrons. The highest BCUT2D eigenvalue weighted by atomic mass is 32.2. The fourth-order valence-electron chi connectivity index (χ4n) is 2.22. The lowest BCUT2D eigenvalue weighted by Gasteiger charge is -2.29. The van der Waals surface area contributed by atoms with Gasteiger partial charge in [0, 0.05) is 19.6 Å². The molecule has 0 aromatic heterocycles. The molecule has 19 heavy (non-hydrogen) atoms. The van der Waals surface area contributed by atoms with E-state index in [1.54, 1.807) is 0 Å². The molecule has 0 unspecified atom stereocenters. The summed E-state index contributed by atoms with van der Waals surface area (Å²) in [6.07, 6.45) is 0. The molecule has 0 spiro atoms. The van der Waals surface area contributed by atoms with Gasteiger partial charge in [0.05, 0.1) is 22.8 Å². The summed E-state index contributed by atoms with van der Waals surface area (Å²) in [6.45, 7) is 1.63. The van der Waals surface area contributed by atoms with Crippen molar-refractivity contribution in [2.75, 3.05) is 36.5 Å². The molecule has 1 N–H and O–H groups in total. The number of rotatable bonds is 3. The maximum Gasteiger partial charge on any atom is 0.153 e. The molecule has 6 heteroatoms. The Balaban J connectivity index is 2.23. The minimum Gasteiger partial charge on any atom is -0.368 e. The van der Waals surface area contributed by atoms with Crippen molar-refractivity contribution in [3.63, 3.8) is 0 Å². The van der Waals surface area contributed by atoms with Gasteiger partial charge in [-0.3, -0.25) is 0 Å². The highest BCUT2D eigenvalue weighted by Gasteiger charge is 2.23. The van der Waals surface area contributed by atoms with Crippen LogP contribution in [0.1, 0.15) is 11.1 Å². The van der Waals surface area contributed by atoms with Gasteiger partial charge in [0.25, 0.3) is 0 Å². The average Bonchev–Trinajstić information content (AvgIpc) is 2.39. The van der Waals surface area contributed by atoms with Crippen molar-refractivity contribution in [2.45, 2.75) is 6.54 Å². The Bertz CT molecular complexity index is 591. The third kappa shape index (κ3) is 3.25.